The molecule has 0 spiro atoms. The van der Waals surface area contributed by atoms with Gasteiger partial charge in [0, 0.05) is 27.7 Å². The summed E-state index contributed by atoms with van der Waals surface area (Å²) in [5, 5.41) is 5.08. The highest BCUT2D eigenvalue weighted by Crippen LogP contribution is 2.39. The molecule has 0 unspecified atom stereocenters. The average molecular weight is 333 g/mol. The van der Waals surface area contributed by atoms with E-state index in [1.54, 1.807) is 0 Å². The molecule has 0 N–H and O–H groups in total. The van der Waals surface area contributed by atoms with Crippen molar-refractivity contribution in [3.8, 4) is 11.4 Å². The monoisotopic (exact) mass is 333 g/mol. The largest absolute Gasteiger partial charge is 0.306 e. The maximum atomic E-state index is 4.72. The molecule has 3 heteroatoms. The summed E-state index contributed by atoms with van der Waals surface area (Å²) in [6, 6.07) is 21.4. The SMILES string of the molecule is Cc1ccc(-c2cc3c4cccc5c6ccccc6n(c3cn2)c54)nc1. The van der Waals surface area contributed by atoms with Crippen LogP contribution >= 0.6 is 0 Å². The number of rotatable bonds is 1. The van der Waals surface area contributed by atoms with E-state index < -0.39 is 0 Å². The van der Waals surface area contributed by atoms with Gasteiger partial charge in [0.2, 0.25) is 0 Å². The highest BCUT2D eigenvalue weighted by molar-refractivity contribution is 6.23. The topological polar surface area (TPSA) is 30.2 Å². The Labute approximate surface area is 149 Å². The van der Waals surface area contributed by atoms with Crippen molar-refractivity contribution in [1.29, 1.82) is 0 Å². The minimum Gasteiger partial charge on any atom is -0.306 e. The second-order valence-electron chi connectivity index (χ2n) is 6.86. The highest BCUT2D eigenvalue weighted by Gasteiger charge is 2.17. The summed E-state index contributed by atoms with van der Waals surface area (Å²) in [5.74, 6) is 0. The molecule has 6 rings (SSSR count). The number of aryl methyl sites for hydroxylation is 1. The minimum absolute atomic E-state index is 0.909. The van der Waals surface area contributed by atoms with Gasteiger partial charge in [0.15, 0.2) is 0 Å². The van der Waals surface area contributed by atoms with Gasteiger partial charge in [-0.3, -0.25) is 9.97 Å². The second kappa shape index (κ2) is 4.79. The zero-order valence-electron chi connectivity index (χ0n) is 14.3. The number of nitrogens with zero attached hydrogens (tertiary/aromatic N) is 3. The van der Waals surface area contributed by atoms with Gasteiger partial charge < -0.3 is 4.40 Å². The van der Waals surface area contributed by atoms with Crippen LogP contribution in [0.25, 0.3) is 49.5 Å². The lowest BCUT2D eigenvalue weighted by Gasteiger charge is -2.02. The van der Waals surface area contributed by atoms with Crippen molar-refractivity contribution in [3.63, 3.8) is 0 Å². The first-order valence-corrected chi connectivity index (χ1v) is 8.77. The molecule has 0 fully saturated rings. The lowest BCUT2D eigenvalue weighted by molar-refractivity contribution is 1.22. The number of hydrogen-bond acceptors (Lipinski definition) is 2. The van der Waals surface area contributed by atoms with Crippen LogP contribution in [0.15, 0.2) is 73.1 Å². The van der Waals surface area contributed by atoms with Gasteiger partial charge in [-0.05, 0) is 30.7 Å². The predicted octanol–water partition coefficient (Wildman–Crippen LogP) is 5.60. The normalized spacial score (nSPS) is 12.0. The zero-order valence-corrected chi connectivity index (χ0v) is 14.3. The first-order chi connectivity index (χ1) is 12.8. The molecule has 26 heavy (non-hydrogen) atoms. The lowest BCUT2D eigenvalue weighted by Crippen LogP contribution is -1.88. The minimum atomic E-state index is 0.909. The lowest BCUT2D eigenvalue weighted by atomic mass is 10.1. The fourth-order valence-corrected chi connectivity index (χ4v) is 4.09. The van der Waals surface area contributed by atoms with E-state index in [4.69, 9.17) is 4.98 Å². The van der Waals surface area contributed by atoms with Crippen molar-refractivity contribution < 1.29 is 0 Å². The molecule has 0 bridgehead atoms. The van der Waals surface area contributed by atoms with Crippen LogP contribution in [-0.2, 0) is 0 Å². The molecule has 2 aromatic carbocycles. The van der Waals surface area contributed by atoms with E-state index in [0.29, 0.717) is 0 Å². The first kappa shape index (κ1) is 13.8. The Balaban J connectivity index is 1.77. The number of para-hydroxylation sites is 2. The van der Waals surface area contributed by atoms with Gasteiger partial charge in [0.05, 0.1) is 34.1 Å². The summed E-state index contributed by atoms with van der Waals surface area (Å²) in [5.41, 5.74) is 6.63. The maximum Gasteiger partial charge on any atom is 0.0894 e. The summed E-state index contributed by atoms with van der Waals surface area (Å²) in [6.07, 6.45) is 3.88. The van der Waals surface area contributed by atoms with Crippen molar-refractivity contribution in [1.82, 2.24) is 14.4 Å². The van der Waals surface area contributed by atoms with Crippen molar-refractivity contribution in [3.05, 3.63) is 78.6 Å². The Morgan fingerprint density at radius 3 is 2.27 bits per heavy atom. The van der Waals surface area contributed by atoms with Crippen LogP contribution in [0, 0.1) is 6.92 Å². The fourth-order valence-electron chi connectivity index (χ4n) is 4.09. The molecular formula is C23H15N3. The standard InChI is InChI=1S/C23H15N3/c1-14-9-10-19(24-12-14)20-11-18-17-7-4-6-16-15-5-2-3-8-21(15)26(23(16)17)22(18)13-25-20/h2-13H,1H3. The van der Waals surface area contributed by atoms with Crippen LogP contribution in [-0.4, -0.2) is 14.4 Å². The molecule has 0 amide bonds. The number of fused-ring (bicyclic) bond motifs is 6. The third kappa shape index (κ3) is 1.67. The summed E-state index contributed by atoms with van der Waals surface area (Å²) in [6.45, 7) is 2.05. The summed E-state index contributed by atoms with van der Waals surface area (Å²) < 4.78 is 2.34. The Hall–Kier alpha value is -3.46. The Kier molecular flexibility index (Phi) is 2.54. The molecule has 0 aliphatic carbocycles. The third-order valence-corrected chi connectivity index (χ3v) is 5.28. The molecule has 6 aromatic rings. The van der Waals surface area contributed by atoms with Crippen molar-refractivity contribution >= 4 is 38.1 Å². The van der Waals surface area contributed by atoms with E-state index in [2.05, 4.69) is 64.0 Å². The van der Waals surface area contributed by atoms with Crippen molar-refractivity contribution in [2.24, 2.45) is 0 Å². The molecule has 122 valence electrons. The number of pyridine rings is 2. The van der Waals surface area contributed by atoms with E-state index in [-0.39, 0.29) is 0 Å². The van der Waals surface area contributed by atoms with Crippen molar-refractivity contribution in [2.75, 3.05) is 0 Å². The molecule has 4 aromatic heterocycles. The van der Waals surface area contributed by atoms with Crippen LogP contribution in [0.5, 0.6) is 0 Å². The van der Waals surface area contributed by atoms with Gasteiger partial charge in [-0.25, -0.2) is 0 Å². The molecular weight excluding hydrogens is 318 g/mol. The fraction of sp³-hybridized carbons (Fsp3) is 0.0435. The third-order valence-electron chi connectivity index (χ3n) is 5.28. The van der Waals surface area contributed by atoms with E-state index in [1.807, 2.05) is 25.4 Å². The molecule has 0 saturated carbocycles. The van der Waals surface area contributed by atoms with Gasteiger partial charge in [-0.1, -0.05) is 42.5 Å². The smallest absolute Gasteiger partial charge is 0.0894 e. The highest BCUT2D eigenvalue weighted by atomic mass is 14.9. The van der Waals surface area contributed by atoms with Gasteiger partial charge in [0.1, 0.15) is 0 Å². The van der Waals surface area contributed by atoms with E-state index >= 15 is 0 Å². The van der Waals surface area contributed by atoms with Crippen molar-refractivity contribution in [2.45, 2.75) is 6.92 Å². The molecule has 0 saturated heterocycles. The molecule has 0 aliphatic heterocycles. The Morgan fingerprint density at radius 2 is 1.42 bits per heavy atom. The van der Waals surface area contributed by atoms with Crippen LogP contribution < -0.4 is 0 Å². The number of hydrogen-bond donors (Lipinski definition) is 0. The number of aromatic nitrogens is 3. The Bertz CT molecular complexity index is 1430. The quantitative estimate of drug-likeness (QED) is 0.392. The summed E-state index contributed by atoms with van der Waals surface area (Å²) in [7, 11) is 0. The van der Waals surface area contributed by atoms with Crippen LogP contribution in [0.3, 0.4) is 0 Å². The zero-order chi connectivity index (χ0) is 17.3. The molecule has 3 nitrogen and oxygen atoms in total. The van der Waals surface area contributed by atoms with Gasteiger partial charge in [0.25, 0.3) is 0 Å². The van der Waals surface area contributed by atoms with Gasteiger partial charge >= 0.3 is 0 Å². The summed E-state index contributed by atoms with van der Waals surface area (Å²) in [4.78, 5) is 9.26. The number of benzene rings is 2. The van der Waals surface area contributed by atoms with Gasteiger partial charge in [-0.2, -0.15) is 0 Å². The van der Waals surface area contributed by atoms with Crippen LogP contribution in [0.2, 0.25) is 0 Å². The van der Waals surface area contributed by atoms with E-state index in [9.17, 15) is 0 Å². The van der Waals surface area contributed by atoms with Gasteiger partial charge in [-0.15, -0.1) is 0 Å². The van der Waals surface area contributed by atoms with Crippen LogP contribution in [0.1, 0.15) is 5.56 Å². The molecule has 0 aliphatic rings. The van der Waals surface area contributed by atoms with E-state index in [1.165, 1.54) is 32.6 Å². The average Bonchev–Trinajstić information content (AvgIpc) is 3.20. The Morgan fingerprint density at radius 1 is 0.654 bits per heavy atom. The second-order valence-corrected chi connectivity index (χ2v) is 6.86. The molecule has 4 heterocycles. The maximum absolute atomic E-state index is 4.72. The predicted molar refractivity (Wildman–Crippen MR) is 107 cm³/mol. The van der Waals surface area contributed by atoms with Crippen LogP contribution in [0.4, 0.5) is 0 Å². The molecule has 0 radical (unpaired) electrons. The van der Waals surface area contributed by atoms with E-state index in [0.717, 1.165) is 22.5 Å². The summed E-state index contributed by atoms with van der Waals surface area (Å²) >= 11 is 0. The molecule has 0 atom stereocenters. The first-order valence-electron chi connectivity index (χ1n) is 8.77.